The largest absolute Gasteiger partial charge is 0.453 e. The number of para-hydroxylation sites is 2. The quantitative estimate of drug-likeness (QED) is 0.810. The third kappa shape index (κ3) is 4.55. The minimum atomic E-state index is -0.362. The number of halogens is 2. The molecule has 21 heavy (non-hydrogen) atoms. The lowest BCUT2D eigenvalue weighted by Crippen LogP contribution is -2.35. The zero-order chi connectivity index (χ0) is 15.5. The number of benzene rings is 2. The molecule has 4 heteroatoms. The van der Waals surface area contributed by atoms with Crippen LogP contribution in [-0.2, 0) is 6.54 Å². The monoisotopic (exact) mass is 351 g/mol. The van der Waals surface area contributed by atoms with E-state index in [1.54, 1.807) is 12.1 Å². The normalized spacial score (nSPS) is 11.5. The summed E-state index contributed by atoms with van der Waals surface area (Å²) in [6.45, 7) is 6.75. The minimum Gasteiger partial charge on any atom is -0.453 e. The number of ether oxygens (including phenoxy) is 1. The van der Waals surface area contributed by atoms with Gasteiger partial charge in [0.25, 0.3) is 0 Å². The molecular formula is C17H19BrFNO. The number of hydrogen-bond acceptors (Lipinski definition) is 2. The molecule has 0 saturated heterocycles. The summed E-state index contributed by atoms with van der Waals surface area (Å²) in [5.41, 5.74) is 0.748. The van der Waals surface area contributed by atoms with Crippen molar-refractivity contribution in [2.45, 2.75) is 32.9 Å². The summed E-state index contributed by atoms with van der Waals surface area (Å²) >= 11 is 3.41. The Labute approximate surface area is 133 Å². The Kier molecular flexibility index (Phi) is 5.01. The maximum atomic E-state index is 14.1. The van der Waals surface area contributed by atoms with E-state index in [4.69, 9.17) is 4.74 Å². The highest BCUT2D eigenvalue weighted by Crippen LogP contribution is 2.33. The van der Waals surface area contributed by atoms with Crippen molar-refractivity contribution >= 4 is 15.9 Å². The van der Waals surface area contributed by atoms with E-state index in [1.165, 1.54) is 6.07 Å². The summed E-state index contributed by atoms with van der Waals surface area (Å²) in [5, 5.41) is 3.35. The molecule has 0 aliphatic rings. The lowest BCUT2D eigenvalue weighted by atomic mass is 10.1. The van der Waals surface area contributed by atoms with Gasteiger partial charge >= 0.3 is 0 Å². The van der Waals surface area contributed by atoms with Crippen molar-refractivity contribution in [3.63, 3.8) is 0 Å². The highest BCUT2D eigenvalue weighted by atomic mass is 79.9. The van der Waals surface area contributed by atoms with Gasteiger partial charge in [-0.05, 0) is 54.9 Å². The van der Waals surface area contributed by atoms with E-state index in [1.807, 2.05) is 24.3 Å². The minimum absolute atomic E-state index is 0.0447. The number of hydrogen-bond donors (Lipinski definition) is 1. The second-order valence-corrected chi connectivity index (χ2v) is 6.72. The molecule has 2 rings (SSSR count). The fourth-order valence-corrected chi connectivity index (χ4v) is 2.17. The Bertz CT molecular complexity index is 622. The van der Waals surface area contributed by atoms with Crippen LogP contribution in [0.4, 0.5) is 4.39 Å². The number of nitrogens with one attached hydrogen (secondary N) is 1. The molecule has 0 spiro atoms. The fraction of sp³-hybridized carbons (Fsp3) is 0.294. The molecule has 0 aliphatic carbocycles. The Hall–Kier alpha value is -1.39. The van der Waals surface area contributed by atoms with E-state index in [0.717, 1.165) is 10.0 Å². The van der Waals surface area contributed by atoms with E-state index >= 15 is 0 Å². The van der Waals surface area contributed by atoms with Gasteiger partial charge in [0.15, 0.2) is 11.6 Å². The molecule has 2 aromatic carbocycles. The molecule has 0 amide bonds. The predicted molar refractivity (Wildman–Crippen MR) is 87.2 cm³/mol. The van der Waals surface area contributed by atoms with E-state index < -0.39 is 0 Å². The van der Waals surface area contributed by atoms with Crippen LogP contribution in [0.2, 0.25) is 0 Å². The van der Waals surface area contributed by atoms with E-state index in [0.29, 0.717) is 12.3 Å². The van der Waals surface area contributed by atoms with Crippen molar-refractivity contribution < 1.29 is 9.13 Å². The van der Waals surface area contributed by atoms with Gasteiger partial charge < -0.3 is 10.1 Å². The van der Waals surface area contributed by atoms with E-state index in [9.17, 15) is 4.39 Å². The van der Waals surface area contributed by atoms with Crippen LogP contribution < -0.4 is 10.1 Å². The van der Waals surface area contributed by atoms with Crippen LogP contribution >= 0.6 is 15.9 Å². The Morgan fingerprint density at radius 2 is 1.81 bits per heavy atom. The average Bonchev–Trinajstić information content (AvgIpc) is 2.41. The highest BCUT2D eigenvalue weighted by Gasteiger charge is 2.15. The second kappa shape index (κ2) is 6.58. The molecule has 0 unspecified atom stereocenters. The molecule has 0 aliphatic heterocycles. The SMILES string of the molecule is CC(C)(C)NCc1cccc(F)c1Oc1ccccc1Br. The fourth-order valence-electron chi connectivity index (χ4n) is 1.80. The standard InChI is InChI=1S/C17H19BrFNO/c1-17(2,3)20-11-12-7-6-9-14(19)16(12)21-15-10-5-4-8-13(15)18/h4-10,20H,11H2,1-3H3. The van der Waals surface area contributed by atoms with Crippen molar-refractivity contribution in [1.29, 1.82) is 0 Å². The first-order valence-corrected chi connectivity index (χ1v) is 7.61. The Balaban J connectivity index is 2.28. The molecule has 0 bridgehead atoms. The number of rotatable bonds is 4. The maximum absolute atomic E-state index is 14.1. The summed E-state index contributed by atoms with van der Waals surface area (Å²) in [6.07, 6.45) is 0. The van der Waals surface area contributed by atoms with Crippen molar-refractivity contribution in [2.24, 2.45) is 0 Å². The summed E-state index contributed by atoms with van der Waals surface area (Å²) in [7, 11) is 0. The van der Waals surface area contributed by atoms with Gasteiger partial charge in [0.05, 0.1) is 4.47 Å². The highest BCUT2D eigenvalue weighted by molar-refractivity contribution is 9.10. The van der Waals surface area contributed by atoms with Crippen LogP contribution in [0.15, 0.2) is 46.9 Å². The van der Waals surface area contributed by atoms with Crippen LogP contribution in [0.5, 0.6) is 11.5 Å². The predicted octanol–water partition coefficient (Wildman–Crippen LogP) is 5.27. The lowest BCUT2D eigenvalue weighted by Gasteiger charge is -2.22. The summed E-state index contributed by atoms with van der Waals surface area (Å²) in [5.74, 6) is 0.500. The maximum Gasteiger partial charge on any atom is 0.167 e. The summed E-state index contributed by atoms with van der Waals surface area (Å²) in [4.78, 5) is 0. The first-order chi connectivity index (χ1) is 9.87. The van der Waals surface area contributed by atoms with Crippen molar-refractivity contribution in [3.8, 4) is 11.5 Å². The zero-order valence-corrected chi connectivity index (χ0v) is 14.0. The van der Waals surface area contributed by atoms with Gasteiger partial charge in [-0.2, -0.15) is 0 Å². The second-order valence-electron chi connectivity index (χ2n) is 5.86. The first kappa shape index (κ1) is 16.0. The van der Waals surface area contributed by atoms with Crippen LogP contribution in [-0.4, -0.2) is 5.54 Å². The smallest absolute Gasteiger partial charge is 0.167 e. The molecule has 0 heterocycles. The van der Waals surface area contributed by atoms with Gasteiger partial charge in [-0.25, -0.2) is 4.39 Å². The van der Waals surface area contributed by atoms with Gasteiger partial charge in [-0.1, -0.05) is 24.3 Å². The molecule has 0 saturated carbocycles. The zero-order valence-electron chi connectivity index (χ0n) is 12.4. The van der Waals surface area contributed by atoms with Gasteiger partial charge in [0, 0.05) is 17.6 Å². The molecule has 0 aromatic heterocycles. The van der Waals surface area contributed by atoms with Crippen LogP contribution in [0.1, 0.15) is 26.3 Å². The third-order valence-electron chi connectivity index (χ3n) is 2.91. The van der Waals surface area contributed by atoms with Crippen LogP contribution in [0.3, 0.4) is 0 Å². The van der Waals surface area contributed by atoms with Crippen molar-refractivity contribution in [2.75, 3.05) is 0 Å². The molecule has 2 nitrogen and oxygen atoms in total. The van der Waals surface area contributed by atoms with Gasteiger partial charge in [0.2, 0.25) is 0 Å². The summed E-state index contributed by atoms with van der Waals surface area (Å²) in [6, 6.07) is 12.4. The lowest BCUT2D eigenvalue weighted by molar-refractivity contribution is 0.403. The van der Waals surface area contributed by atoms with Crippen molar-refractivity contribution in [1.82, 2.24) is 5.32 Å². The van der Waals surface area contributed by atoms with Gasteiger partial charge in [-0.15, -0.1) is 0 Å². The third-order valence-corrected chi connectivity index (χ3v) is 3.56. The van der Waals surface area contributed by atoms with Gasteiger partial charge in [0.1, 0.15) is 5.75 Å². The Morgan fingerprint density at radius 3 is 2.48 bits per heavy atom. The molecule has 0 atom stereocenters. The molecule has 112 valence electrons. The summed E-state index contributed by atoms with van der Waals surface area (Å²) < 4.78 is 20.7. The average molecular weight is 352 g/mol. The Morgan fingerprint density at radius 1 is 1.10 bits per heavy atom. The van der Waals surface area contributed by atoms with E-state index in [-0.39, 0.29) is 17.1 Å². The van der Waals surface area contributed by atoms with Gasteiger partial charge in [-0.3, -0.25) is 0 Å². The molecular weight excluding hydrogens is 333 g/mol. The van der Waals surface area contributed by atoms with E-state index in [2.05, 4.69) is 42.0 Å². The van der Waals surface area contributed by atoms with Crippen LogP contribution in [0, 0.1) is 5.82 Å². The molecule has 1 N–H and O–H groups in total. The van der Waals surface area contributed by atoms with Crippen molar-refractivity contribution in [3.05, 3.63) is 58.3 Å². The topological polar surface area (TPSA) is 21.3 Å². The molecule has 0 radical (unpaired) electrons. The molecule has 2 aromatic rings. The molecule has 0 fully saturated rings. The van der Waals surface area contributed by atoms with Crippen LogP contribution in [0.25, 0.3) is 0 Å². The first-order valence-electron chi connectivity index (χ1n) is 6.81.